The molecule has 3 aromatic rings. The molecule has 0 amide bonds. The van der Waals surface area contributed by atoms with Crippen LogP contribution in [-0.2, 0) is 4.74 Å². The Morgan fingerprint density at radius 3 is 2.23 bits per heavy atom. The molecular weight excluding hydrogens is 511 g/mol. The average molecular weight is 534 g/mol. The van der Waals surface area contributed by atoms with E-state index in [-0.39, 0.29) is 6.42 Å². The van der Waals surface area contributed by atoms with Crippen molar-refractivity contribution < 1.29 is 14.9 Å². The number of halogens is 1. The first-order valence-corrected chi connectivity index (χ1v) is 11.0. The molecular formula is C23H23IN2O5. The van der Waals surface area contributed by atoms with Gasteiger partial charge in [0.25, 0.3) is 5.56 Å². The molecule has 0 bridgehead atoms. The van der Waals surface area contributed by atoms with Crippen molar-refractivity contribution in [2.45, 2.75) is 44.8 Å². The van der Waals surface area contributed by atoms with Crippen LogP contribution in [0.1, 0.15) is 35.4 Å². The standard InChI is InChI=1S/C23H23IN2O5/c1-13-3-7-15(8-4-13)20(28)21-18(27)11-19(31-21)25-12-17(24)22(29)26(23(25)30)16-9-5-14(2)6-10-16/h3-10,12,18-21,27-28H,11H2,1-2H3/t18-,19+,20?,21-/m0/s1. The number of aliphatic hydroxyl groups is 2. The van der Waals surface area contributed by atoms with E-state index in [9.17, 15) is 19.8 Å². The zero-order valence-corrected chi connectivity index (χ0v) is 19.3. The van der Waals surface area contributed by atoms with Crippen LogP contribution in [0.25, 0.3) is 5.69 Å². The minimum atomic E-state index is -1.04. The van der Waals surface area contributed by atoms with Crippen LogP contribution in [-0.4, -0.2) is 31.6 Å². The van der Waals surface area contributed by atoms with Crippen molar-refractivity contribution in [1.82, 2.24) is 9.13 Å². The van der Waals surface area contributed by atoms with Crippen LogP contribution in [0, 0.1) is 17.4 Å². The molecule has 4 rings (SSSR count). The molecule has 0 saturated carbocycles. The van der Waals surface area contributed by atoms with Gasteiger partial charge in [-0.15, -0.1) is 0 Å². The third kappa shape index (κ3) is 4.25. The number of aliphatic hydroxyl groups excluding tert-OH is 2. The predicted octanol–water partition coefficient (Wildman–Crippen LogP) is 2.60. The Balaban J connectivity index is 1.69. The summed E-state index contributed by atoms with van der Waals surface area (Å²) in [6.07, 6.45) is -2.15. The van der Waals surface area contributed by atoms with Gasteiger partial charge in [-0.2, -0.15) is 0 Å². The molecule has 1 aliphatic heterocycles. The third-order valence-electron chi connectivity index (χ3n) is 5.54. The summed E-state index contributed by atoms with van der Waals surface area (Å²) in [5.74, 6) is 0. The van der Waals surface area contributed by atoms with E-state index < -0.39 is 35.8 Å². The van der Waals surface area contributed by atoms with Gasteiger partial charge in [0, 0.05) is 12.6 Å². The molecule has 2 N–H and O–H groups in total. The summed E-state index contributed by atoms with van der Waals surface area (Å²) in [5, 5.41) is 21.3. The van der Waals surface area contributed by atoms with Crippen LogP contribution in [0.5, 0.6) is 0 Å². The molecule has 0 aliphatic carbocycles. The van der Waals surface area contributed by atoms with Gasteiger partial charge in [0.1, 0.15) is 18.4 Å². The zero-order chi connectivity index (χ0) is 22.3. The average Bonchev–Trinajstić information content (AvgIpc) is 3.13. The number of hydrogen-bond donors (Lipinski definition) is 2. The number of nitrogens with zero attached hydrogens (tertiary/aromatic N) is 2. The van der Waals surface area contributed by atoms with Gasteiger partial charge in [-0.3, -0.25) is 9.36 Å². The lowest BCUT2D eigenvalue weighted by Crippen LogP contribution is -2.41. The molecule has 4 atom stereocenters. The molecule has 7 nitrogen and oxygen atoms in total. The van der Waals surface area contributed by atoms with E-state index in [1.54, 1.807) is 24.3 Å². The van der Waals surface area contributed by atoms with Gasteiger partial charge in [-0.1, -0.05) is 47.5 Å². The lowest BCUT2D eigenvalue weighted by atomic mass is 9.99. The third-order valence-corrected chi connectivity index (χ3v) is 6.28. The molecule has 1 unspecified atom stereocenters. The van der Waals surface area contributed by atoms with E-state index in [2.05, 4.69) is 0 Å². The highest BCUT2D eigenvalue weighted by atomic mass is 127. The first kappa shape index (κ1) is 21.9. The predicted molar refractivity (Wildman–Crippen MR) is 124 cm³/mol. The van der Waals surface area contributed by atoms with Crippen molar-refractivity contribution in [3.63, 3.8) is 0 Å². The fourth-order valence-electron chi connectivity index (χ4n) is 3.76. The highest BCUT2D eigenvalue weighted by Gasteiger charge is 2.40. The van der Waals surface area contributed by atoms with E-state index >= 15 is 0 Å². The number of aromatic nitrogens is 2. The Kier molecular flexibility index (Phi) is 6.16. The second-order valence-electron chi connectivity index (χ2n) is 7.86. The summed E-state index contributed by atoms with van der Waals surface area (Å²) < 4.78 is 8.69. The van der Waals surface area contributed by atoms with E-state index in [0.717, 1.165) is 15.7 Å². The van der Waals surface area contributed by atoms with Crippen LogP contribution in [0.3, 0.4) is 0 Å². The van der Waals surface area contributed by atoms with E-state index in [4.69, 9.17) is 4.74 Å². The number of hydrogen-bond acceptors (Lipinski definition) is 5. The van der Waals surface area contributed by atoms with Crippen LogP contribution in [0.15, 0.2) is 64.3 Å². The second kappa shape index (κ2) is 8.70. The maximum Gasteiger partial charge on any atom is 0.337 e. The molecule has 1 fully saturated rings. The van der Waals surface area contributed by atoms with E-state index in [0.29, 0.717) is 14.8 Å². The molecule has 162 valence electrons. The maximum absolute atomic E-state index is 13.2. The largest absolute Gasteiger partial charge is 0.390 e. The van der Waals surface area contributed by atoms with Gasteiger partial charge >= 0.3 is 5.69 Å². The minimum absolute atomic E-state index is 0.121. The number of aryl methyl sites for hydroxylation is 2. The summed E-state index contributed by atoms with van der Waals surface area (Å²) in [6, 6.07) is 14.4. The van der Waals surface area contributed by atoms with Gasteiger partial charge in [0.15, 0.2) is 0 Å². The van der Waals surface area contributed by atoms with Crippen LogP contribution in [0.2, 0.25) is 0 Å². The van der Waals surface area contributed by atoms with Gasteiger partial charge in [-0.25, -0.2) is 9.36 Å². The molecule has 1 aliphatic rings. The lowest BCUT2D eigenvalue weighted by Gasteiger charge is -2.22. The van der Waals surface area contributed by atoms with Crippen molar-refractivity contribution in [1.29, 1.82) is 0 Å². The Labute approximate surface area is 192 Å². The van der Waals surface area contributed by atoms with E-state index in [1.807, 2.05) is 60.7 Å². The molecule has 2 aromatic carbocycles. The number of ether oxygens (including phenoxy) is 1. The summed E-state index contributed by atoms with van der Waals surface area (Å²) in [5.41, 5.74) is 2.18. The number of benzene rings is 2. The van der Waals surface area contributed by atoms with Crippen molar-refractivity contribution in [2.75, 3.05) is 0 Å². The van der Waals surface area contributed by atoms with Gasteiger partial charge in [-0.05, 0) is 54.1 Å². The summed E-state index contributed by atoms with van der Waals surface area (Å²) in [4.78, 5) is 25.9. The highest BCUT2D eigenvalue weighted by Crippen LogP contribution is 2.35. The fraction of sp³-hybridized carbons (Fsp3) is 0.304. The first-order chi connectivity index (χ1) is 14.8. The molecule has 1 saturated heterocycles. The topological polar surface area (TPSA) is 93.7 Å². The SMILES string of the molecule is Cc1ccc(C(O)[C@H]2O[C@@H](n3cc(I)c(=O)n(-c4ccc(C)cc4)c3=O)C[C@@H]2O)cc1. The Morgan fingerprint density at radius 1 is 1.03 bits per heavy atom. The number of rotatable bonds is 4. The van der Waals surface area contributed by atoms with Crippen LogP contribution in [0.4, 0.5) is 0 Å². The molecule has 0 radical (unpaired) electrons. The summed E-state index contributed by atoms with van der Waals surface area (Å²) in [7, 11) is 0. The second-order valence-corrected chi connectivity index (χ2v) is 9.02. The smallest absolute Gasteiger partial charge is 0.337 e. The van der Waals surface area contributed by atoms with E-state index in [1.165, 1.54) is 10.8 Å². The van der Waals surface area contributed by atoms with Gasteiger partial charge in [0.05, 0.1) is 15.4 Å². The first-order valence-electron chi connectivity index (χ1n) is 9.95. The van der Waals surface area contributed by atoms with Gasteiger partial charge in [0.2, 0.25) is 0 Å². The van der Waals surface area contributed by atoms with Crippen LogP contribution >= 0.6 is 22.6 Å². The molecule has 2 heterocycles. The fourth-order valence-corrected chi connectivity index (χ4v) is 4.30. The Morgan fingerprint density at radius 2 is 1.61 bits per heavy atom. The molecule has 1 aromatic heterocycles. The molecule has 31 heavy (non-hydrogen) atoms. The van der Waals surface area contributed by atoms with Crippen molar-refractivity contribution >= 4 is 22.6 Å². The summed E-state index contributed by atoms with van der Waals surface area (Å²) >= 11 is 1.89. The van der Waals surface area contributed by atoms with Crippen molar-refractivity contribution in [3.8, 4) is 5.69 Å². The molecule has 0 spiro atoms. The normalized spacial score (nSPS) is 21.9. The maximum atomic E-state index is 13.2. The summed E-state index contributed by atoms with van der Waals surface area (Å²) in [6.45, 7) is 3.87. The van der Waals surface area contributed by atoms with Crippen molar-refractivity contribution in [2.24, 2.45) is 0 Å². The zero-order valence-electron chi connectivity index (χ0n) is 17.1. The Hall–Kier alpha value is -2.27. The molecule has 8 heteroatoms. The quantitative estimate of drug-likeness (QED) is 0.503. The lowest BCUT2D eigenvalue weighted by molar-refractivity contribution is -0.0850. The van der Waals surface area contributed by atoms with Gasteiger partial charge < -0.3 is 14.9 Å². The highest BCUT2D eigenvalue weighted by molar-refractivity contribution is 14.1. The monoisotopic (exact) mass is 534 g/mol. The Bertz CT molecular complexity index is 1200. The van der Waals surface area contributed by atoms with Crippen LogP contribution < -0.4 is 11.2 Å². The minimum Gasteiger partial charge on any atom is -0.390 e. The van der Waals surface area contributed by atoms with Crippen molar-refractivity contribution in [3.05, 3.63) is 95.8 Å².